The molecular formula is C11H13BrN2O4. The van der Waals surface area contributed by atoms with Crippen LogP contribution >= 0.6 is 15.9 Å². The fraction of sp³-hybridized carbons (Fsp3) is 0.364. The minimum absolute atomic E-state index is 0.0935. The van der Waals surface area contributed by atoms with E-state index in [1.807, 2.05) is 0 Å². The maximum absolute atomic E-state index is 11.5. The Morgan fingerprint density at radius 1 is 1.61 bits per heavy atom. The molecule has 1 amide bonds. The lowest BCUT2D eigenvalue weighted by Gasteiger charge is -2.08. The molecule has 7 heteroatoms. The van der Waals surface area contributed by atoms with Gasteiger partial charge in [0.1, 0.15) is 0 Å². The molecule has 0 heterocycles. The van der Waals surface area contributed by atoms with Gasteiger partial charge in [-0.15, -0.1) is 0 Å². The summed E-state index contributed by atoms with van der Waals surface area (Å²) in [5, 5.41) is 22.2. The summed E-state index contributed by atoms with van der Waals surface area (Å²) in [6, 6.07) is 4.13. The molecule has 2 N–H and O–H groups in total. The number of halogens is 1. The van der Waals surface area contributed by atoms with Gasteiger partial charge in [0.05, 0.1) is 16.7 Å². The molecule has 1 unspecified atom stereocenters. The molecule has 0 saturated carbocycles. The van der Waals surface area contributed by atoms with Gasteiger partial charge in [-0.25, -0.2) is 0 Å². The van der Waals surface area contributed by atoms with Crippen molar-refractivity contribution in [2.24, 2.45) is 0 Å². The summed E-state index contributed by atoms with van der Waals surface area (Å²) >= 11 is 3.20. The number of aliphatic hydroxyl groups excluding tert-OH is 1. The SMILES string of the molecule is CC(O)CCC(=O)Nc1cc([N+](=O)[O-])ccc1Br. The van der Waals surface area contributed by atoms with Gasteiger partial charge in [-0.05, 0) is 35.3 Å². The minimum atomic E-state index is -0.552. The number of hydrogen-bond donors (Lipinski definition) is 2. The van der Waals surface area contributed by atoms with Crippen molar-refractivity contribution in [1.82, 2.24) is 0 Å². The molecule has 0 aliphatic carbocycles. The molecule has 1 aromatic carbocycles. The average Bonchev–Trinajstić information content (AvgIpc) is 2.29. The second-order valence-electron chi connectivity index (χ2n) is 3.86. The van der Waals surface area contributed by atoms with Gasteiger partial charge in [0.2, 0.25) is 5.91 Å². The Kier molecular flexibility index (Phi) is 5.24. The molecule has 0 aliphatic heterocycles. The summed E-state index contributed by atoms with van der Waals surface area (Å²) in [4.78, 5) is 21.6. The van der Waals surface area contributed by atoms with Crippen LogP contribution in [0.25, 0.3) is 0 Å². The lowest BCUT2D eigenvalue weighted by molar-refractivity contribution is -0.384. The van der Waals surface area contributed by atoms with Crippen LogP contribution in [0, 0.1) is 10.1 Å². The first kappa shape index (κ1) is 14.6. The fourth-order valence-electron chi connectivity index (χ4n) is 1.28. The molecule has 6 nitrogen and oxygen atoms in total. The van der Waals surface area contributed by atoms with Gasteiger partial charge in [-0.1, -0.05) is 0 Å². The molecule has 0 radical (unpaired) electrons. The largest absolute Gasteiger partial charge is 0.393 e. The fourth-order valence-corrected chi connectivity index (χ4v) is 1.62. The number of amides is 1. The van der Waals surface area contributed by atoms with E-state index in [4.69, 9.17) is 5.11 Å². The van der Waals surface area contributed by atoms with Crippen molar-refractivity contribution in [1.29, 1.82) is 0 Å². The first-order valence-electron chi connectivity index (χ1n) is 5.32. The zero-order valence-electron chi connectivity index (χ0n) is 9.72. The Balaban J connectivity index is 2.74. The molecule has 0 aliphatic rings. The second-order valence-corrected chi connectivity index (χ2v) is 4.71. The Labute approximate surface area is 112 Å². The van der Waals surface area contributed by atoms with Crippen LogP contribution in [0.15, 0.2) is 22.7 Å². The minimum Gasteiger partial charge on any atom is -0.393 e. The topological polar surface area (TPSA) is 92.5 Å². The smallest absolute Gasteiger partial charge is 0.271 e. The van der Waals surface area contributed by atoms with Crippen molar-refractivity contribution in [3.05, 3.63) is 32.8 Å². The van der Waals surface area contributed by atoms with Gasteiger partial charge < -0.3 is 10.4 Å². The van der Waals surface area contributed by atoms with Crippen LogP contribution in [-0.2, 0) is 4.79 Å². The number of rotatable bonds is 5. The third kappa shape index (κ3) is 4.42. The van der Waals surface area contributed by atoms with Crippen molar-refractivity contribution in [2.75, 3.05) is 5.32 Å². The van der Waals surface area contributed by atoms with E-state index in [-0.39, 0.29) is 18.0 Å². The van der Waals surface area contributed by atoms with Crippen LogP contribution in [0.5, 0.6) is 0 Å². The highest BCUT2D eigenvalue weighted by atomic mass is 79.9. The van der Waals surface area contributed by atoms with E-state index >= 15 is 0 Å². The van der Waals surface area contributed by atoms with Gasteiger partial charge in [0.25, 0.3) is 5.69 Å². The summed E-state index contributed by atoms with van der Waals surface area (Å²) in [7, 11) is 0. The third-order valence-corrected chi connectivity index (χ3v) is 2.92. The van der Waals surface area contributed by atoms with Crippen molar-refractivity contribution < 1.29 is 14.8 Å². The second kappa shape index (κ2) is 6.46. The average molecular weight is 317 g/mol. The first-order chi connectivity index (χ1) is 8.40. The maximum atomic E-state index is 11.5. The highest BCUT2D eigenvalue weighted by molar-refractivity contribution is 9.10. The standard InChI is InChI=1S/C11H13BrN2O4/c1-7(15)2-5-11(16)13-10-6-8(14(17)18)3-4-9(10)12/h3-4,6-7,15H,2,5H2,1H3,(H,13,16). The number of aliphatic hydroxyl groups is 1. The van der Waals surface area contributed by atoms with Crippen molar-refractivity contribution >= 4 is 33.2 Å². The van der Waals surface area contributed by atoms with Crippen molar-refractivity contribution in [3.8, 4) is 0 Å². The van der Waals surface area contributed by atoms with Gasteiger partial charge in [-0.2, -0.15) is 0 Å². The lowest BCUT2D eigenvalue weighted by atomic mass is 10.2. The Bertz CT molecular complexity index is 462. The van der Waals surface area contributed by atoms with E-state index in [2.05, 4.69) is 21.2 Å². The Hall–Kier alpha value is -1.47. The molecule has 0 saturated heterocycles. The van der Waals surface area contributed by atoms with Gasteiger partial charge >= 0.3 is 0 Å². The molecule has 0 aromatic heterocycles. The Morgan fingerprint density at radius 2 is 2.28 bits per heavy atom. The zero-order chi connectivity index (χ0) is 13.7. The number of non-ortho nitro benzene ring substituents is 1. The zero-order valence-corrected chi connectivity index (χ0v) is 11.3. The number of anilines is 1. The molecular weight excluding hydrogens is 304 g/mol. The molecule has 1 atom stereocenters. The number of nitro groups is 1. The number of carbonyl (C=O) groups is 1. The number of hydrogen-bond acceptors (Lipinski definition) is 4. The molecule has 18 heavy (non-hydrogen) atoms. The number of benzene rings is 1. The predicted octanol–water partition coefficient (Wildman–Crippen LogP) is 2.46. The van der Waals surface area contributed by atoms with E-state index in [0.29, 0.717) is 16.6 Å². The van der Waals surface area contributed by atoms with Gasteiger partial charge in [-0.3, -0.25) is 14.9 Å². The number of nitro benzene ring substituents is 1. The van der Waals surface area contributed by atoms with Crippen molar-refractivity contribution in [2.45, 2.75) is 25.9 Å². The third-order valence-electron chi connectivity index (χ3n) is 2.22. The van der Waals surface area contributed by atoms with E-state index < -0.39 is 11.0 Å². The van der Waals surface area contributed by atoms with Crippen LogP contribution in [0.3, 0.4) is 0 Å². The molecule has 98 valence electrons. The number of carbonyl (C=O) groups excluding carboxylic acids is 1. The maximum Gasteiger partial charge on any atom is 0.271 e. The number of nitrogens with zero attached hydrogens (tertiary/aromatic N) is 1. The summed E-state index contributed by atoms with van der Waals surface area (Å²) in [6.45, 7) is 1.59. The van der Waals surface area contributed by atoms with Crippen LogP contribution in [-0.4, -0.2) is 22.0 Å². The van der Waals surface area contributed by atoms with Crippen LogP contribution in [0.1, 0.15) is 19.8 Å². The van der Waals surface area contributed by atoms with Gasteiger partial charge in [0, 0.05) is 23.0 Å². The predicted molar refractivity (Wildman–Crippen MR) is 70.3 cm³/mol. The summed E-state index contributed by atoms with van der Waals surface area (Å²) in [5.41, 5.74) is 0.254. The highest BCUT2D eigenvalue weighted by Gasteiger charge is 2.12. The number of nitrogens with one attached hydrogen (secondary N) is 1. The molecule has 0 bridgehead atoms. The summed E-state index contributed by atoms with van der Waals surface area (Å²) < 4.78 is 0.568. The summed E-state index contributed by atoms with van der Waals surface area (Å²) in [6.07, 6.45) is -0.0464. The lowest BCUT2D eigenvalue weighted by Crippen LogP contribution is -2.14. The quantitative estimate of drug-likeness (QED) is 0.644. The van der Waals surface area contributed by atoms with Gasteiger partial charge in [0.15, 0.2) is 0 Å². The normalized spacial score (nSPS) is 11.9. The molecule has 0 spiro atoms. The van der Waals surface area contributed by atoms with E-state index in [9.17, 15) is 14.9 Å². The molecule has 1 rings (SSSR count). The van der Waals surface area contributed by atoms with Crippen LogP contribution in [0.4, 0.5) is 11.4 Å². The van der Waals surface area contributed by atoms with E-state index in [1.165, 1.54) is 18.2 Å². The monoisotopic (exact) mass is 316 g/mol. The van der Waals surface area contributed by atoms with E-state index in [1.54, 1.807) is 6.92 Å². The van der Waals surface area contributed by atoms with Crippen molar-refractivity contribution in [3.63, 3.8) is 0 Å². The molecule has 0 fully saturated rings. The van der Waals surface area contributed by atoms with E-state index in [0.717, 1.165) is 0 Å². The highest BCUT2D eigenvalue weighted by Crippen LogP contribution is 2.27. The Morgan fingerprint density at radius 3 is 2.83 bits per heavy atom. The summed E-state index contributed by atoms with van der Waals surface area (Å²) in [5.74, 6) is -0.294. The first-order valence-corrected chi connectivity index (χ1v) is 6.11. The van der Waals surface area contributed by atoms with Crippen LogP contribution in [0.2, 0.25) is 0 Å². The van der Waals surface area contributed by atoms with Crippen LogP contribution < -0.4 is 5.32 Å². The molecule has 1 aromatic rings.